The molecule has 0 fully saturated rings. The minimum atomic E-state index is -0.762. The Morgan fingerprint density at radius 1 is 1.17 bits per heavy atom. The van der Waals surface area contributed by atoms with Gasteiger partial charge in [0, 0.05) is 28.2 Å². The van der Waals surface area contributed by atoms with Crippen LogP contribution in [0, 0.1) is 26.6 Å². The molecule has 0 bridgehead atoms. The average molecular weight is 348 g/mol. The molecule has 2 amide bonds. The van der Waals surface area contributed by atoms with Crippen LogP contribution in [0.1, 0.15) is 27.3 Å². The van der Waals surface area contributed by atoms with E-state index in [0.717, 1.165) is 17.5 Å². The molecule has 1 aromatic heterocycles. The number of carbonyl (C=O) groups is 2. The van der Waals surface area contributed by atoms with Gasteiger partial charge in [-0.3, -0.25) is 9.59 Å². The molecule has 0 aliphatic carbocycles. The number of carbonyl (C=O) groups excluding carboxylic acids is 2. The van der Waals surface area contributed by atoms with Crippen molar-refractivity contribution in [2.75, 3.05) is 11.1 Å². The summed E-state index contributed by atoms with van der Waals surface area (Å²) in [5.74, 6) is -1.66. The number of rotatable bonds is 5. The maximum atomic E-state index is 13.8. The quantitative estimate of drug-likeness (QED) is 0.638. The van der Waals surface area contributed by atoms with Gasteiger partial charge in [-0.1, -0.05) is 11.8 Å². The summed E-state index contributed by atoms with van der Waals surface area (Å²) in [6.45, 7) is 5.20. The zero-order valence-corrected chi connectivity index (χ0v) is 14.3. The van der Waals surface area contributed by atoms with Gasteiger partial charge in [-0.05, 0) is 39.0 Å². The molecule has 1 heterocycles. The number of hydrogen-bond acceptors (Lipinski definition) is 5. The molecular formula is C16H17FN4O2S. The summed E-state index contributed by atoms with van der Waals surface area (Å²) in [6.07, 6.45) is 0. The Kier molecular flexibility index (Phi) is 5.50. The summed E-state index contributed by atoms with van der Waals surface area (Å²) in [5.41, 5.74) is 7.24. The number of nitrogens with one attached hydrogen (secondary N) is 1. The summed E-state index contributed by atoms with van der Waals surface area (Å²) in [7, 11) is 0. The van der Waals surface area contributed by atoms with E-state index in [0.29, 0.717) is 5.16 Å². The first kappa shape index (κ1) is 17.9. The molecule has 0 radical (unpaired) electrons. The maximum absolute atomic E-state index is 13.8. The second-order valence-corrected chi connectivity index (χ2v) is 6.21. The van der Waals surface area contributed by atoms with Crippen molar-refractivity contribution in [3.63, 3.8) is 0 Å². The van der Waals surface area contributed by atoms with Crippen molar-refractivity contribution >= 4 is 29.3 Å². The molecule has 1 aromatic carbocycles. The highest BCUT2D eigenvalue weighted by atomic mass is 32.2. The fraction of sp³-hybridized carbons (Fsp3) is 0.250. The highest BCUT2D eigenvalue weighted by Gasteiger charge is 2.13. The van der Waals surface area contributed by atoms with Crippen LogP contribution >= 0.6 is 11.8 Å². The molecule has 126 valence electrons. The van der Waals surface area contributed by atoms with Crippen LogP contribution in [0.5, 0.6) is 0 Å². The highest BCUT2D eigenvalue weighted by molar-refractivity contribution is 7.99. The standard InChI is InChI=1S/C16H17FN4O2S/c1-8-4-9(2)20-16(19-8)24-7-14(22)21-13-6-11(15(18)23)5-12(17)10(13)3/h4-6H,7H2,1-3H3,(H2,18,23)(H,21,22). The van der Waals surface area contributed by atoms with Gasteiger partial charge in [0.05, 0.1) is 5.75 Å². The number of aryl methyl sites for hydroxylation is 2. The lowest BCUT2D eigenvalue weighted by atomic mass is 10.1. The van der Waals surface area contributed by atoms with Crippen molar-refractivity contribution < 1.29 is 14.0 Å². The fourth-order valence-electron chi connectivity index (χ4n) is 2.03. The Bertz CT molecular complexity index is 791. The van der Waals surface area contributed by atoms with Crippen LogP contribution in [-0.4, -0.2) is 27.5 Å². The Labute approximate surface area is 143 Å². The van der Waals surface area contributed by atoms with Crippen LogP contribution in [0.2, 0.25) is 0 Å². The number of anilines is 1. The number of primary amides is 1. The fourth-order valence-corrected chi connectivity index (χ4v) is 2.77. The van der Waals surface area contributed by atoms with Gasteiger partial charge in [0.15, 0.2) is 5.16 Å². The molecule has 2 rings (SSSR count). The number of aromatic nitrogens is 2. The van der Waals surface area contributed by atoms with Crippen molar-refractivity contribution in [2.24, 2.45) is 5.73 Å². The highest BCUT2D eigenvalue weighted by Crippen LogP contribution is 2.21. The first-order valence-electron chi connectivity index (χ1n) is 7.11. The molecule has 8 heteroatoms. The van der Waals surface area contributed by atoms with Crippen molar-refractivity contribution in [2.45, 2.75) is 25.9 Å². The summed E-state index contributed by atoms with van der Waals surface area (Å²) in [4.78, 5) is 31.7. The van der Waals surface area contributed by atoms with Gasteiger partial charge in [0.25, 0.3) is 0 Å². The normalized spacial score (nSPS) is 10.5. The van der Waals surface area contributed by atoms with Crippen molar-refractivity contribution in [3.05, 3.63) is 46.5 Å². The van der Waals surface area contributed by atoms with Crippen LogP contribution in [0.15, 0.2) is 23.4 Å². The molecule has 0 saturated heterocycles. The number of nitrogens with two attached hydrogens (primary N) is 1. The van der Waals surface area contributed by atoms with E-state index in [1.54, 1.807) is 0 Å². The Morgan fingerprint density at radius 2 is 1.79 bits per heavy atom. The van der Waals surface area contributed by atoms with Gasteiger partial charge in [0.1, 0.15) is 5.82 Å². The van der Waals surface area contributed by atoms with Gasteiger partial charge in [-0.25, -0.2) is 14.4 Å². The smallest absolute Gasteiger partial charge is 0.248 e. The molecule has 24 heavy (non-hydrogen) atoms. The second kappa shape index (κ2) is 7.39. The van der Waals surface area contributed by atoms with E-state index in [-0.39, 0.29) is 28.5 Å². The predicted molar refractivity (Wildman–Crippen MR) is 90.5 cm³/mol. The van der Waals surface area contributed by atoms with Gasteiger partial charge >= 0.3 is 0 Å². The molecule has 0 aliphatic rings. The third-order valence-corrected chi connectivity index (χ3v) is 4.04. The summed E-state index contributed by atoms with van der Waals surface area (Å²) < 4.78 is 13.8. The molecular weight excluding hydrogens is 331 g/mol. The summed E-state index contributed by atoms with van der Waals surface area (Å²) in [5, 5.41) is 3.08. The molecule has 0 atom stereocenters. The molecule has 0 saturated carbocycles. The first-order valence-corrected chi connectivity index (χ1v) is 8.09. The maximum Gasteiger partial charge on any atom is 0.248 e. The van der Waals surface area contributed by atoms with Crippen molar-refractivity contribution in [1.82, 2.24) is 9.97 Å². The molecule has 2 aromatic rings. The van der Waals surface area contributed by atoms with E-state index in [4.69, 9.17) is 5.73 Å². The Balaban J connectivity index is 2.08. The van der Waals surface area contributed by atoms with Crippen molar-refractivity contribution in [1.29, 1.82) is 0 Å². The molecule has 3 N–H and O–H groups in total. The Morgan fingerprint density at radius 3 is 2.38 bits per heavy atom. The lowest BCUT2D eigenvalue weighted by Crippen LogP contribution is -2.17. The third kappa shape index (κ3) is 4.51. The van der Waals surface area contributed by atoms with E-state index in [9.17, 15) is 14.0 Å². The number of benzene rings is 1. The van der Waals surface area contributed by atoms with Crippen LogP contribution in [0.4, 0.5) is 10.1 Å². The number of thioether (sulfide) groups is 1. The topological polar surface area (TPSA) is 98.0 Å². The average Bonchev–Trinajstić information content (AvgIpc) is 2.48. The molecule has 6 nitrogen and oxygen atoms in total. The van der Waals surface area contributed by atoms with E-state index >= 15 is 0 Å². The largest absolute Gasteiger partial charge is 0.366 e. The number of hydrogen-bond donors (Lipinski definition) is 2. The number of nitrogens with zero attached hydrogens (tertiary/aromatic N) is 2. The monoisotopic (exact) mass is 348 g/mol. The lowest BCUT2D eigenvalue weighted by Gasteiger charge is -2.10. The van der Waals surface area contributed by atoms with E-state index in [1.165, 1.54) is 24.8 Å². The summed E-state index contributed by atoms with van der Waals surface area (Å²) >= 11 is 1.18. The minimum absolute atomic E-state index is 0.00121. The zero-order chi connectivity index (χ0) is 17.9. The zero-order valence-electron chi connectivity index (χ0n) is 13.5. The van der Waals surface area contributed by atoms with Crippen molar-refractivity contribution in [3.8, 4) is 0 Å². The van der Waals surface area contributed by atoms with E-state index < -0.39 is 11.7 Å². The molecule has 0 unspecified atom stereocenters. The van der Waals surface area contributed by atoms with Crippen LogP contribution in [0.3, 0.4) is 0 Å². The third-order valence-electron chi connectivity index (χ3n) is 3.20. The number of halogens is 1. The van der Waals surface area contributed by atoms with Crippen LogP contribution in [-0.2, 0) is 4.79 Å². The minimum Gasteiger partial charge on any atom is -0.366 e. The van der Waals surface area contributed by atoms with Gasteiger partial charge in [-0.2, -0.15) is 0 Å². The lowest BCUT2D eigenvalue weighted by molar-refractivity contribution is -0.113. The Hall–Kier alpha value is -2.48. The first-order chi connectivity index (χ1) is 11.3. The van der Waals surface area contributed by atoms with Crippen LogP contribution in [0.25, 0.3) is 0 Å². The van der Waals surface area contributed by atoms with Gasteiger partial charge in [0.2, 0.25) is 11.8 Å². The second-order valence-electron chi connectivity index (χ2n) is 5.27. The molecule has 0 spiro atoms. The van der Waals surface area contributed by atoms with Gasteiger partial charge < -0.3 is 11.1 Å². The SMILES string of the molecule is Cc1cc(C)nc(SCC(=O)Nc2cc(C(N)=O)cc(F)c2C)n1. The van der Waals surface area contributed by atoms with Crippen LogP contribution < -0.4 is 11.1 Å². The molecule has 0 aliphatic heterocycles. The van der Waals surface area contributed by atoms with Gasteiger partial charge in [-0.15, -0.1) is 0 Å². The summed E-state index contributed by atoms with van der Waals surface area (Å²) in [6, 6.07) is 4.24. The van der Waals surface area contributed by atoms with E-state index in [1.807, 2.05) is 19.9 Å². The number of amides is 2. The predicted octanol–water partition coefficient (Wildman–Crippen LogP) is 2.37. The van der Waals surface area contributed by atoms with E-state index in [2.05, 4.69) is 15.3 Å².